The molecule has 4 nitrogen and oxygen atoms in total. The number of furan rings is 1. The Hall–Kier alpha value is -1.69. The van der Waals surface area contributed by atoms with Gasteiger partial charge >= 0.3 is 0 Å². The Balaban J connectivity index is 1.82. The Morgan fingerprint density at radius 2 is 2.09 bits per heavy atom. The number of rotatable bonds is 6. The van der Waals surface area contributed by atoms with E-state index in [1.807, 2.05) is 28.8 Å². The zero-order valence-electron chi connectivity index (χ0n) is 12.1. The van der Waals surface area contributed by atoms with Crippen molar-refractivity contribution in [3.63, 3.8) is 0 Å². The molecule has 0 fully saturated rings. The lowest BCUT2D eigenvalue weighted by atomic mass is 10.2. The molecule has 0 N–H and O–H groups in total. The summed E-state index contributed by atoms with van der Waals surface area (Å²) in [6.07, 6.45) is 3.42. The fourth-order valence-corrected chi connectivity index (χ4v) is 3.27. The second-order valence-electron chi connectivity index (χ2n) is 4.72. The molecule has 0 bridgehead atoms. The summed E-state index contributed by atoms with van der Waals surface area (Å²) >= 11 is 13.6. The van der Waals surface area contributed by atoms with Gasteiger partial charge in [-0.3, -0.25) is 4.57 Å². The maximum atomic E-state index is 6.05. The Labute approximate surface area is 148 Å². The van der Waals surface area contributed by atoms with Crippen molar-refractivity contribution < 1.29 is 4.42 Å². The third-order valence-electron chi connectivity index (χ3n) is 3.12. The van der Waals surface area contributed by atoms with Gasteiger partial charge in [-0.05, 0) is 29.8 Å². The van der Waals surface area contributed by atoms with E-state index in [1.165, 1.54) is 0 Å². The summed E-state index contributed by atoms with van der Waals surface area (Å²) in [5.74, 6) is 2.08. The van der Waals surface area contributed by atoms with E-state index in [9.17, 15) is 0 Å². The molecule has 1 aromatic carbocycles. The van der Waals surface area contributed by atoms with Crippen LogP contribution in [0.2, 0.25) is 10.0 Å². The Morgan fingerprint density at radius 1 is 1.22 bits per heavy atom. The third kappa shape index (κ3) is 3.63. The number of benzene rings is 1. The molecule has 2 heterocycles. The van der Waals surface area contributed by atoms with Crippen LogP contribution in [-0.2, 0) is 12.3 Å². The van der Waals surface area contributed by atoms with E-state index in [2.05, 4.69) is 16.8 Å². The minimum Gasteiger partial charge on any atom is -0.461 e. The Kier molecular flexibility index (Phi) is 5.10. The molecular weight excluding hydrogens is 353 g/mol. The fourth-order valence-electron chi connectivity index (χ4n) is 2.05. The van der Waals surface area contributed by atoms with Gasteiger partial charge in [-0.15, -0.1) is 16.8 Å². The molecule has 3 rings (SSSR count). The van der Waals surface area contributed by atoms with Crippen LogP contribution in [-0.4, -0.2) is 14.8 Å². The van der Waals surface area contributed by atoms with E-state index in [1.54, 1.807) is 30.2 Å². The number of halogens is 2. The van der Waals surface area contributed by atoms with Crippen molar-refractivity contribution >= 4 is 35.0 Å². The average molecular weight is 366 g/mol. The quantitative estimate of drug-likeness (QED) is 0.437. The maximum absolute atomic E-state index is 6.05. The number of hydrogen-bond donors (Lipinski definition) is 0. The van der Waals surface area contributed by atoms with Gasteiger partial charge in [-0.2, -0.15) is 0 Å². The number of nitrogens with zero attached hydrogens (tertiary/aromatic N) is 3. The first kappa shape index (κ1) is 16.2. The molecule has 3 aromatic rings. The van der Waals surface area contributed by atoms with Crippen LogP contribution in [0.5, 0.6) is 0 Å². The van der Waals surface area contributed by atoms with Gasteiger partial charge in [-0.1, -0.05) is 47.1 Å². The highest BCUT2D eigenvalue weighted by Crippen LogP contribution is 2.29. The molecule has 2 aromatic heterocycles. The fraction of sp³-hybridized carbons (Fsp3) is 0.125. The van der Waals surface area contributed by atoms with Gasteiger partial charge in [0.15, 0.2) is 10.9 Å². The topological polar surface area (TPSA) is 43.9 Å². The molecule has 23 heavy (non-hydrogen) atoms. The first-order chi connectivity index (χ1) is 11.2. The van der Waals surface area contributed by atoms with E-state index in [0.717, 1.165) is 10.7 Å². The number of allylic oxidation sites excluding steroid dienone is 1. The van der Waals surface area contributed by atoms with Crippen LogP contribution in [0.3, 0.4) is 0 Å². The number of hydrogen-bond acceptors (Lipinski definition) is 4. The molecule has 0 radical (unpaired) electrons. The molecule has 0 atom stereocenters. The van der Waals surface area contributed by atoms with Crippen molar-refractivity contribution in [1.29, 1.82) is 0 Å². The third-order valence-corrected chi connectivity index (χ3v) is 4.90. The molecule has 0 aliphatic rings. The van der Waals surface area contributed by atoms with Crippen LogP contribution < -0.4 is 0 Å². The van der Waals surface area contributed by atoms with E-state index in [0.29, 0.717) is 33.9 Å². The number of thioether (sulfide) groups is 1. The van der Waals surface area contributed by atoms with Crippen LogP contribution in [0.1, 0.15) is 5.56 Å². The van der Waals surface area contributed by atoms with Crippen LogP contribution in [0, 0.1) is 0 Å². The Morgan fingerprint density at radius 3 is 2.78 bits per heavy atom. The molecule has 0 aliphatic heterocycles. The van der Waals surface area contributed by atoms with Crippen molar-refractivity contribution in [1.82, 2.24) is 14.8 Å². The summed E-state index contributed by atoms with van der Waals surface area (Å²) < 4.78 is 7.38. The molecule has 7 heteroatoms. The lowest BCUT2D eigenvalue weighted by molar-refractivity contribution is 0.569. The van der Waals surface area contributed by atoms with Crippen molar-refractivity contribution in [3.05, 3.63) is 64.9 Å². The molecule has 0 amide bonds. The lowest BCUT2D eigenvalue weighted by Gasteiger charge is -2.06. The average Bonchev–Trinajstić information content (AvgIpc) is 3.18. The highest BCUT2D eigenvalue weighted by Gasteiger charge is 2.15. The largest absolute Gasteiger partial charge is 0.461 e. The first-order valence-electron chi connectivity index (χ1n) is 6.83. The normalized spacial score (nSPS) is 10.9. The summed E-state index contributed by atoms with van der Waals surface area (Å²) in [5.41, 5.74) is 1.07. The van der Waals surface area contributed by atoms with Gasteiger partial charge < -0.3 is 4.42 Å². The summed E-state index contributed by atoms with van der Waals surface area (Å²) in [6, 6.07) is 9.28. The van der Waals surface area contributed by atoms with Crippen LogP contribution in [0.4, 0.5) is 0 Å². The monoisotopic (exact) mass is 365 g/mol. The molecular formula is C16H13Cl2N3OS. The zero-order valence-corrected chi connectivity index (χ0v) is 14.4. The predicted octanol–water partition coefficient (Wildman–Crippen LogP) is 5.32. The SMILES string of the molecule is C=CCn1c(SCc2ccc(Cl)c(Cl)c2)nnc1-c1ccco1. The number of aromatic nitrogens is 3. The van der Waals surface area contributed by atoms with Crippen molar-refractivity contribution in [2.24, 2.45) is 0 Å². The highest BCUT2D eigenvalue weighted by atomic mass is 35.5. The first-order valence-corrected chi connectivity index (χ1v) is 8.58. The highest BCUT2D eigenvalue weighted by molar-refractivity contribution is 7.98. The summed E-state index contributed by atoms with van der Waals surface area (Å²) in [4.78, 5) is 0. The van der Waals surface area contributed by atoms with Gasteiger partial charge in [0.2, 0.25) is 5.82 Å². The van der Waals surface area contributed by atoms with Crippen molar-refractivity contribution in [3.8, 4) is 11.6 Å². The lowest BCUT2D eigenvalue weighted by Crippen LogP contribution is -2.00. The molecule has 118 valence electrons. The summed E-state index contributed by atoms with van der Waals surface area (Å²) in [6.45, 7) is 4.39. The van der Waals surface area contributed by atoms with E-state index < -0.39 is 0 Å². The predicted molar refractivity (Wildman–Crippen MR) is 93.9 cm³/mol. The summed E-state index contributed by atoms with van der Waals surface area (Å²) in [5, 5.41) is 10.4. The van der Waals surface area contributed by atoms with Gasteiger partial charge in [-0.25, -0.2) is 0 Å². The summed E-state index contributed by atoms with van der Waals surface area (Å²) in [7, 11) is 0. The molecule has 0 saturated carbocycles. The maximum Gasteiger partial charge on any atom is 0.200 e. The van der Waals surface area contributed by atoms with Gasteiger partial charge in [0.1, 0.15) is 0 Å². The van der Waals surface area contributed by atoms with Crippen molar-refractivity contribution in [2.75, 3.05) is 0 Å². The second kappa shape index (κ2) is 7.25. The van der Waals surface area contributed by atoms with E-state index in [4.69, 9.17) is 27.6 Å². The molecule has 0 aliphatic carbocycles. The van der Waals surface area contributed by atoms with Crippen molar-refractivity contribution in [2.45, 2.75) is 17.5 Å². The van der Waals surface area contributed by atoms with E-state index >= 15 is 0 Å². The van der Waals surface area contributed by atoms with Gasteiger partial charge in [0, 0.05) is 12.3 Å². The smallest absolute Gasteiger partial charge is 0.200 e. The van der Waals surface area contributed by atoms with Crippen LogP contribution in [0.15, 0.2) is 58.8 Å². The van der Waals surface area contributed by atoms with Crippen LogP contribution in [0.25, 0.3) is 11.6 Å². The molecule has 0 spiro atoms. The van der Waals surface area contributed by atoms with E-state index in [-0.39, 0.29) is 0 Å². The minimum absolute atomic E-state index is 0.550. The molecule has 0 saturated heterocycles. The molecule has 0 unspecified atom stereocenters. The zero-order chi connectivity index (χ0) is 16.2. The standard InChI is InChI=1S/C16H13Cl2N3OS/c1-2-7-21-15(14-4-3-8-22-14)19-20-16(21)23-10-11-5-6-12(17)13(18)9-11/h2-6,8-9H,1,7,10H2. The minimum atomic E-state index is 0.550. The second-order valence-corrected chi connectivity index (χ2v) is 6.48. The van der Waals surface area contributed by atoms with Crippen LogP contribution >= 0.6 is 35.0 Å². The van der Waals surface area contributed by atoms with Gasteiger partial charge in [0.25, 0.3) is 0 Å². The Bertz CT molecular complexity index is 815. The van der Waals surface area contributed by atoms with Gasteiger partial charge in [0.05, 0.1) is 16.3 Å².